The number of ketones is 1. The second kappa shape index (κ2) is 5.13. The normalized spacial score (nSPS) is 14.6. The molecule has 90 valence electrons. The molecule has 0 bridgehead atoms. The maximum Gasteiger partial charge on any atom is 0.168 e. The maximum absolute atomic E-state index is 13.8. The quantitative estimate of drug-likeness (QED) is 0.800. The molecule has 2 nitrogen and oxygen atoms in total. The number of hydrogen-bond acceptors (Lipinski definition) is 2. The molecule has 0 aliphatic heterocycles. The number of hydrogen-bond donors (Lipinski definition) is 0. The lowest BCUT2D eigenvalue weighted by atomic mass is 10.0. The Morgan fingerprint density at radius 2 is 2.29 bits per heavy atom. The fourth-order valence-corrected chi connectivity index (χ4v) is 2.06. The van der Waals surface area contributed by atoms with Crippen molar-refractivity contribution in [3.8, 4) is 5.75 Å². The molecular weight excluding hydrogens is 219 g/mol. The van der Waals surface area contributed by atoms with Crippen molar-refractivity contribution < 1.29 is 13.9 Å². The first kappa shape index (κ1) is 11.8. The van der Waals surface area contributed by atoms with Gasteiger partial charge in [-0.3, -0.25) is 4.79 Å². The molecule has 0 fully saturated rings. The highest BCUT2D eigenvalue weighted by Crippen LogP contribution is 2.24. The first-order valence-electron chi connectivity index (χ1n) is 5.76. The number of carbonyl (C=O) groups excluding carboxylic acids is 1. The number of benzene rings is 1. The number of ether oxygens (including phenoxy) is 1. The van der Waals surface area contributed by atoms with Gasteiger partial charge in [-0.1, -0.05) is 18.2 Å². The Labute approximate surface area is 100 Å². The minimum absolute atomic E-state index is 0.0228. The highest BCUT2D eigenvalue weighted by atomic mass is 19.1. The van der Waals surface area contributed by atoms with E-state index in [1.54, 1.807) is 18.2 Å². The topological polar surface area (TPSA) is 26.3 Å². The van der Waals surface area contributed by atoms with E-state index in [4.69, 9.17) is 4.74 Å². The van der Waals surface area contributed by atoms with Crippen molar-refractivity contribution in [2.75, 3.05) is 7.11 Å². The lowest BCUT2D eigenvalue weighted by Crippen LogP contribution is -2.07. The molecule has 0 aromatic heterocycles. The Morgan fingerprint density at radius 1 is 1.47 bits per heavy atom. The number of methoxy groups -OCH3 is 1. The summed E-state index contributed by atoms with van der Waals surface area (Å²) in [7, 11) is 1.42. The van der Waals surface area contributed by atoms with Crippen LogP contribution in [0, 0.1) is 5.82 Å². The number of carbonyl (C=O) groups is 1. The number of rotatable bonds is 4. The van der Waals surface area contributed by atoms with E-state index in [-0.39, 0.29) is 18.0 Å². The Morgan fingerprint density at radius 3 is 2.94 bits per heavy atom. The second-order valence-corrected chi connectivity index (χ2v) is 4.15. The van der Waals surface area contributed by atoms with Gasteiger partial charge < -0.3 is 4.74 Å². The van der Waals surface area contributed by atoms with Crippen LogP contribution in [0.25, 0.3) is 0 Å². The van der Waals surface area contributed by atoms with Crippen LogP contribution in [0.4, 0.5) is 4.39 Å². The molecule has 1 aliphatic rings. The van der Waals surface area contributed by atoms with Crippen molar-refractivity contribution in [1.29, 1.82) is 0 Å². The Balaban J connectivity index is 2.15. The van der Waals surface area contributed by atoms with Crippen molar-refractivity contribution >= 4 is 5.78 Å². The van der Waals surface area contributed by atoms with Crippen molar-refractivity contribution in [2.24, 2.45) is 0 Å². The zero-order valence-electron chi connectivity index (χ0n) is 9.83. The van der Waals surface area contributed by atoms with E-state index in [0.717, 1.165) is 24.8 Å². The monoisotopic (exact) mass is 234 g/mol. The van der Waals surface area contributed by atoms with Gasteiger partial charge in [-0.15, -0.1) is 0 Å². The van der Waals surface area contributed by atoms with Crippen LogP contribution in [0.15, 0.2) is 29.8 Å². The van der Waals surface area contributed by atoms with E-state index in [9.17, 15) is 9.18 Å². The van der Waals surface area contributed by atoms with Gasteiger partial charge in [-0.2, -0.15) is 0 Å². The molecule has 3 heteroatoms. The minimum Gasteiger partial charge on any atom is -0.494 e. The van der Waals surface area contributed by atoms with E-state index < -0.39 is 5.82 Å². The van der Waals surface area contributed by atoms with Crippen LogP contribution in [-0.2, 0) is 11.2 Å². The molecule has 0 unspecified atom stereocenters. The fraction of sp³-hybridized carbons (Fsp3) is 0.357. The zero-order valence-corrected chi connectivity index (χ0v) is 9.83. The summed E-state index contributed by atoms with van der Waals surface area (Å²) in [6.45, 7) is 0. The van der Waals surface area contributed by atoms with Gasteiger partial charge in [0.2, 0.25) is 0 Å². The van der Waals surface area contributed by atoms with Crippen LogP contribution < -0.4 is 4.74 Å². The van der Waals surface area contributed by atoms with Crippen molar-refractivity contribution in [2.45, 2.75) is 25.7 Å². The molecule has 1 aliphatic carbocycles. The summed E-state index contributed by atoms with van der Waals surface area (Å²) in [6, 6.07) is 4.89. The highest BCUT2D eigenvalue weighted by molar-refractivity contribution is 5.97. The van der Waals surface area contributed by atoms with Crippen LogP contribution in [0.5, 0.6) is 5.75 Å². The lowest BCUT2D eigenvalue weighted by Gasteiger charge is -2.07. The molecule has 17 heavy (non-hydrogen) atoms. The summed E-state index contributed by atoms with van der Waals surface area (Å²) < 4.78 is 18.7. The molecule has 0 radical (unpaired) electrons. The average Bonchev–Trinajstić information content (AvgIpc) is 2.85. The standard InChI is InChI=1S/C14H15FO2/c1-17-13-8-4-7-11(14(13)15)9-12(16)10-5-2-3-6-10/h4-5,7-8H,2-3,6,9H2,1H3. The molecule has 0 N–H and O–H groups in total. The van der Waals surface area contributed by atoms with Crippen molar-refractivity contribution in [1.82, 2.24) is 0 Å². The molecule has 0 heterocycles. The van der Waals surface area contributed by atoms with Gasteiger partial charge in [-0.05, 0) is 36.5 Å². The molecular formula is C14H15FO2. The van der Waals surface area contributed by atoms with Crippen LogP contribution in [0.3, 0.4) is 0 Å². The van der Waals surface area contributed by atoms with Gasteiger partial charge in [0, 0.05) is 6.42 Å². The van der Waals surface area contributed by atoms with E-state index in [1.807, 2.05) is 6.08 Å². The molecule has 0 amide bonds. The third-order valence-corrected chi connectivity index (χ3v) is 3.01. The predicted molar refractivity (Wildman–Crippen MR) is 63.6 cm³/mol. The van der Waals surface area contributed by atoms with E-state index in [1.165, 1.54) is 7.11 Å². The van der Waals surface area contributed by atoms with Crippen molar-refractivity contribution in [3.63, 3.8) is 0 Å². The summed E-state index contributed by atoms with van der Waals surface area (Å²) in [5, 5.41) is 0. The Bertz CT molecular complexity index is 463. The maximum atomic E-state index is 13.8. The summed E-state index contributed by atoms with van der Waals surface area (Å²) in [6.07, 6.45) is 4.89. The average molecular weight is 234 g/mol. The molecule has 0 atom stereocenters. The zero-order chi connectivity index (χ0) is 12.3. The summed E-state index contributed by atoms with van der Waals surface area (Å²) in [4.78, 5) is 11.9. The minimum atomic E-state index is -0.429. The summed E-state index contributed by atoms with van der Waals surface area (Å²) in [5.74, 6) is -0.215. The number of allylic oxidation sites excluding steroid dienone is 2. The molecule has 0 saturated heterocycles. The van der Waals surface area contributed by atoms with Gasteiger partial charge in [0.1, 0.15) is 0 Å². The van der Waals surface area contributed by atoms with E-state index >= 15 is 0 Å². The van der Waals surface area contributed by atoms with Gasteiger partial charge in [0.15, 0.2) is 17.3 Å². The van der Waals surface area contributed by atoms with E-state index in [2.05, 4.69) is 0 Å². The second-order valence-electron chi connectivity index (χ2n) is 4.15. The van der Waals surface area contributed by atoms with Crippen LogP contribution in [-0.4, -0.2) is 12.9 Å². The van der Waals surface area contributed by atoms with Gasteiger partial charge in [0.25, 0.3) is 0 Å². The number of Topliss-reactive ketones (excluding diaryl/α,β-unsaturated/α-hetero) is 1. The van der Waals surface area contributed by atoms with Gasteiger partial charge in [0.05, 0.1) is 7.11 Å². The third kappa shape index (κ3) is 2.54. The van der Waals surface area contributed by atoms with Crippen LogP contribution >= 0.6 is 0 Å². The number of halogens is 1. The highest BCUT2D eigenvalue weighted by Gasteiger charge is 2.17. The molecule has 1 aromatic rings. The first-order valence-corrected chi connectivity index (χ1v) is 5.76. The Kier molecular flexibility index (Phi) is 3.57. The summed E-state index contributed by atoms with van der Waals surface area (Å²) in [5.41, 5.74) is 1.24. The van der Waals surface area contributed by atoms with Gasteiger partial charge in [-0.25, -0.2) is 4.39 Å². The fourth-order valence-electron chi connectivity index (χ4n) is 2.06. The third-order valence-electron chi connectivity index (χ3n) is 3.01. The smallest absolute Gasteiger partial charge is 0.168 e. The van der Waals surface area contributed by atoms with Crippen LogP contribution in [0.2, 0.25) is 0 Å². The summed E-state index contributed by atoms with van der Waals surface area (Å²) >= 11 is 0. The van der Waals surface area contributed by atoms with Crippen molar-refractivity contribution in [3.05, 3.63) is 41.2 Å². The largest absolute Gasteiger partial charge is 0.494 e. The van der Waals surface area contributed by atoms with Crippen LogP contribution in [0.1, 0.15) is 24.8 Å². The molecule has 0 saturated carbocycles. The Hall–Kier alpha value is -1.64. The molecule has 1 aromatic carbocycles. The SMILES string of the molecule is COc1cccc(CC(=O)C2=CCCC2)c1F. The molecule has 0 spiro atoms. The van der Waals surface area contributed by atoms with Gasteiger partial charge >= 0.3 is 0 Å². The predicted octanol–water partition coefficient (Wildman–Crippen LogP) is 3.06. The molecule has 2 rings (SSSR count). The lowest BCUT2D eigenvalue weighted by molar-refractivity contribution is -0.115. The van der Waals surface area contributed by atoms with E-state index in [0.29, 0.717) is 5.56 Å². The first-order chi connectivity index (χ1) is 8.22.